The Hall–Kier alpha value is -2.23. The summed E-state index contributed by atoms with van der Waals surface area (Å²) in [5, 5.41) is 5.21. The van der Waals surface area contributed by atoms with Crippen molar-refractivity contribution in [2.24, 2.45) is 5.92 Å². The van der Waals surface area contributed by atoms with Gasteiger partial charge in [0.25, 0.3) is 0 Å². The highest BCUT2D eigenvalue weighted by Gasteiger charge is 2.36. The standard InChI is InChI=1S/C24H31NO3/c1-3-4-5-17-6-11-21(12-7-17)28-22-13-9-18-14-20(10-8-19(18)15-22)24(2)16-27-23(26)25-24/h8-10,13-15,17,21H,3-7,11-12,16H2,1-2H3,(H,25,26). The largest absolute Gasteiger partial charge is 0.490 e. The number of carbonyl (C=O) groups excluding carboxylic acids is 1. The van der Waals surface area contributed by atoms with Crippen molar-refractivity contribution in [3.05, 3.63) is 42.0 Å². The summed E-state index contributed by atoms with van der Waals surface area (Å²) in [6, 6.07) is 12.6. The fourth-order valence-corrected chi connectivity index (χ4v) is 4.53. The first-order valence-corrected chi connectivity index (χ1v) is 10.7. The van der Waals surface area contributed by atoms with Gasteiger partial charge in [0.15, 0.2) is 0 Å². The maximum Gasteiger partial charge on any atom is 0.408 e. The van der Waals surface area contributed by atoms with Gasteiger partial charge in [0, 0.05) is 0 Å². The van der Waals surface area contributed by atoms with E-state index in [1.807, 2.05) is 6.92 Å². The fraction of sp³-hybridized carbons (Fsp3) is 0.542. The van der Waals surface area contributed by atoms with E-state index in [0.717, 1.165) is 28.0 Å². The number of fused-ring (bicyclic) bond motifs is 1. The second-order valence-electron chi connectivity index (χ2n) is 8.66. The van der Waals surface area contributed by atoms with Crippen LogP contribution in [0.4, 0.5) is 4.79 Å². The average molecular weight is 382 g/mol. The Morgan fingerprint density at radius 1 is 1.11 bits per heavy atom. The molecule has 1 N–H and O–H groups in total. The minimum absolute atomic E-state index is 0.347. The van der Waals surface area contributed by atoms with Crippen LogP contribution in [0.1, 0.15) is 64.4 Å². The van der Waals surface area contributed by atoms with Crippen LogP contribution in [0.25, 0.3) is 10.8 Å². The second kappa shape index (κ2) is 8.02. The second-order valence-corrected chi connectivity index (χ2v) is 8.66. The summed E-state index contributed by atoms with van der Waals surface area (Å²) >= 11 is 0. The molecule has 1 atom stereocenters. The molecule has 1 aliphatic carbocycles. The Morgan fingerprint density at radius 2 is 1.86 bits per heavy atom. The van der Waals surface area contributed by atoms with Gasteiger partial charge in [-0.15, -0.1) is 0 Å². The quantitative estimate of drug-likeness (QED) is 0.675. The molecule has 4 rings (SSSR count). The zero-order valence-electron chi connectivity index (χ0n) is 17.0. The van der Waals surface area contributed by atoms with Gasteiger partial charge in [0.05, 0.1) is 11.6 Å². The van der Waals surface area contributed by atoms with Crippen LogP contribution in [0.2, 0.25) is 0 Å². The molecule has 1 amide bonds. The van der Waals surface area contributed by atoms with E-state index >= 15 is 0 Å². The van der Waals surface area contributed by atoms with Crippen molar-refractivity contribution in [3.8, 4) is 5.75 Å². The highest BCUT2D eigenvalue weighted by molar-refractivity contribution is 5.85. The smallest absolute Gasteiger partial charge is 0.408 e. The van der Waals surface area contributed by atoms with Crippen molar-refractivity contribution in [1.82, 2.24) is 5.32 Å². The molecule has 2 aromatic carbocycles. The number of unbranched alkanes of at least 4 members (excludes halogenated alkanes) is 1. The lowest BCUT2D eigenvalue weighted by molar-refractivity contribution is 0.128. The maximum absolute atomic E-state index is 11.5. The number of benzene rings is 2. The molecule has 0 radical (unpaired) electrons. The van der Waals surface area contributed by atoms with Crippen LogP contribution in [-0.4, -0.2) is 18.8 Å². The first-order chi connectivity index (χ1) is 13.6. The molecule has 2 fully saturated rings. The SMILES string of the molecule is CCCCC1CCC(Oc2ccc3cc(C4(C)COC(=O)N4)ccc3c2)CC1. The van der Waals surface area contributed by atoms with Crippen molar-refractivity contribution in [2.75, 3.05) is 6.61 Å². The lowest BCUT2D eigenvalue weighted by Gasteiger charge is -2.29. The van der Waals surface area contributed by atoms with E-state index in [9.17, 15) is 4.79 Å². The first kappa shape index (κ1) is 19.1. The molecule has 1 unspecified atom stereocenters. The molecule has 4 heteroatoms. The van der Waals surface area contributed by atoms with Gasteiger partial charge in [0.1, 0.15) is 12.4 Å². The average Bonchev–Trinajstić information content (AvgIpc) is 3.07. The van der Waals surface area contributed by atoms with E-state index in [4.69, 9.17) is 9.47 Å². The summed E-state index contributed by atoms with van der Waals surface area (Å²) in [7, 11) is 0. The molecule has 0 bridgehead atoms. The van der Waals surface area contributed by atoms with E-state index in [2.05, 4.69) is 48.6 Å². The predicted octanol–water partition coefficient (Wildman–Crippen LogP) is 5.92. The zero-order valence-corrected chi connectivity index (χ0v) is 17.0. The number of rotatable bonds is 6. The lowest BCUT2D eigenvalue weighted by atomic mass is 9.84. The lowest BCUT2D eigenvalue weighted by Crippen LogP contribution is -2.37. The Morgan fingerprint density at radius 3 is 2.57 bits per heavy atom. The molecular formula is C24H31NO3. The van der Waals surface area contributed by atoms with E-state index in [0.29, 0.717) is 12.7 Å². The molecule has 0 spiro atoms. The molecule has 1 saturated carbocycles. The molecule has 28 heavy (non-hydrogen) atoms. The Balaban J connectivity index is 1.41. The number of hydrogen-bond donors (Lipinski definition) is 1. The van der Waals surface area contributed by atoms with Gasteiger partial charge in [-0.3, -0.25) is 0 Å². The monoisotopic (exact) mass is 381 g/mol. The van der Waals surface area contributed by atoms with Crippen molar-refractivity contribution in [1.29, 1.82) is 0 Å². The Bertz CT molecular complexity index is 841. The van der Waals surface area contributed by atoms with Gasteiger partial charge in [-0.25, -0.2) is 4.79 Å². The topological polar surface area (TPSA) is 47.6 Å². The number of cyclic esters (lactones) is 1. The van der Waals surface area contributed by atoms with Crippen LogP contribution in [0.5, 0.6) is 5.75 Å². The van der Waals surface area contributed by atoms with E-state index in [1.54, 1.807) is 0 Å². The molecular weight excluding hydrogens is 350 g/mol. The third-order valence-corrected chi connectivity index (χ3v) is 6.38. The third kappa shape index (κ3) is 4.11. The van der Waals surface area contributed by atoms with Crippen LogP contribution in [0, 0.1) is 5.92 Å². The molecule has 1 saturated heterocycles. The maximum atomic E-state index is 11.5. The van der Waals surface area contributed by atoms with Gasteiger partial charge < -0.3 is 14.8 Å². The van der Waals surface area contributed by atoms with Crippen molar-refractivity contribution >= 4 is 16.9 Å². The van der Waals surface area contributed by atoms with Crippen molar-refractivity contribution in [2.45, 2.75) is 70.4 Å². The normalized spacial score (nSPS) is 27.4. The van der Waals surface area contributed by atoms with E-state index < -0.39 is 5.54 Å². The highest BCUT2D eigenvalue weighted by Crippen LogP contribution is 2.33. The van der Waals surface area contributed by atoms with Crippen molar-refractivity contribution in [3.63, 3.8) is 0 Å². The first-order valence-electron chi connectivity index (χ1n) is 10.7. The van der Waals surface area contributed by atoms with Crippen LogP contribution < -0.4 is 10.1 Å². The zero-order chi connectivity index (χ0) is 19.6. The minimum Gasteiger partial charge on any atom is -0.490 e. The number of amides is 1. The summed E-state index contributed by atoms with van der Waals surface area (Å²) in [5.41, 5.74) is 0.599. The van der Waals surface area contributed by atoms with Crippen LogP contribution in [0.15, 0.2) is 36.4 Å². The van der Waals surface area contributed by atoms with Gasteiger partial charge in [0.2, 0.25) is 0 Å². The molecule has 0 aromatic heterocycles. The van der Waals surface area contributed by atoms with Crippen LogP contribution >= 0.6 is 0 Å². The summed E-state index contributed by atoms with van der Waals surface area (Å²) < 4.78 is 11.4. The van der Waals surface area contributed by atoms with E-state index in [-0.39, 0.29) is 6.09 Å². The molecule has 1 heterocycles. The minimum atomic E-state index is -0.461. The molecule has 4 nitrogen and oxygen atoms in total. The Kier molecular flexibility index (Phi) is 5.47. The fourth-order valence-electron chi connectivity index (χ4n) is 4.53. The summed E-state index contributed by atoms with van der Waals surface area (Å²) in [6.07, 6.45) is 8.97. The molecule has 2 aliphatic rings. The highest BCUT2D eigenvalue weighted by atomic mass is 16.6. The number of hydrogen-bond acceptors (Lipinski definition) is 3. The molecule has 150 valence electrons. The van der Waals surface area contributed by atoms with Crippen LogP contribution in [0.3, 0.4) is 0 Å². The molecule has 1 aliphatic heterocycles. The van der Waals surface area contributed by atoms with Gasteiger partial charge in [-0.1, -0.05) is 44.4 Å². The third-order valence-electron chi connectivity index (χ3n) is 6.38. The van der Waals surface area contributed by atoms with Crippen molar-refractivity contribution < 1.29 is 14.3 Å². The van der Waals surface area contributed by atoms with Gasteiger partial charge in [-0.2, -0.15) is 0 Å². The summed E-state index contributed by atoms with van der Waals surface area (Å²) in [6.45, 7) is 4.63. The van der Waals surface area contributed by atoms with Crippen LogP contribution in [-0.2, 0) is 10.3 Å². The van der Waals surface area contributed by atoms with Gasteiger partial charge in [-0.05, 0) is 73.1 Å². The summed E-state index contributed by atoms with van der Waals surface area (Å²) in [5.74, 6) is 1.86. The summed E-state index contributed by atoms with van der Waals surface area (Å²) in [4.78, 5) is 11.5. The predicted molar refractivity (Wildman–Crippen MR) is 112 cm³/mol. The number of nitrogens with one attached hydrogen (secondary N) is 1. The number of alkyl carbamates (subject to hydrolysis) is 1. The van der Waals surface area contributed by atoms with Gasteiger partial charge >= 0.3 is 6.09 Å². The Labute approximate surface area is 167 Å². The van der Waals surface area contributed by atoms with E-state index in [1.165, 1.54) is 44.9 Å². The molecule has 2 aromatic rings. The number of ether oxygens (including phenoxy) is 2. The number of carbonyl (C=O) groups is 1.